The van der Waals surface area contributed by atoms with Crippen LogP contribution in [0.1, 0.15) is 30.3 Å². The van der Waals surface area contributed by atoms with Gasteiger partial charge in [-0.15, -0.1) is 0 Å². The van der Waals surface area contributed by atoms with Gasteiger partial charge in [-0.1, -0.05) is 22.4 Å². The van der Waals surface area contributed by atoms with Crippen molar-refractivity contribution in [2.45, 2.75) is 37.6 Å². The average Bonchev–Trinajstić information content (AvgIpc) is 2.85. The summed E-state index contributed by atoms with van der Waals surface area (Å²) in [5.74, 6) is -0.781. The van der Waals surface area contributed by atoms with Crippen molar-refractivity contribution in [2.75, 3.05) is 4.72 Å². The van der Waals surface area contributed by atoms with Gasteiger partial charge in [-0.25, -0.2) is 14.8 Å². The van der Waals surface area contributed by atoms with E-state index in [1.54, 1.807) is 38.1 Å². The lowest BCUT2D eigenvalue weighted by Crippen LogP contribution is -2.45. The lowest BCUT2D eigenvalue weighted by atomic mass is 10.1. The van der Waals surface area contributed by atoms with Crippen molar-refractivity contribution in [3.63, 3.8) is 0 Å². The van der Waals surface area contributed by atoms with Crippen LogP contribution in [-0.2, 0) is 24.2 Å². The minimum atomic E-state index is -4.21. The second-order valence-corrected chi connectivity index (χ2v) is 10.5. The monoisotopic (exact) mass is 534 g/mol. The van der Waals surface area contributed by atoms with Crippen LogP contribution in [0.5, 0.6) is 0 Å². The van der Waals surface area contributed by atoms with Crippen molar-refractivity contribution >= 4 is 38.8 Å². The summed E-state index contributed by atoms with van der Waals surface area (Å²) in [6, 6.07) is 11.1. The van der Waals surface area contributed by atoms with Gasteiger partial charge in [0, 0.05) is 29.7 Å². The Bertz CT molecular complexity index is 1780. The zero-order chi connectivity index (χ0) is 27.2. The van der Waals surface area contributed by atoms with Crippen LogP contribution < -0.4 is 21.2 Å². The van der Waals surface area contributed by atoms with E-state index < -0.39 is 39.4 Å². The van der Waals surface area contributed by atoms with Crippen molar-refractivity contribution < 1.29 is 18.4 Å². The maximum Gasteiger partial charge on any atom is 0.264 e. The number of aryl methyl sites for hydroxylation is 2. The number of aromatic nitrogens is 4. The number of piperidine rings is 1. The minimum Gasteiger partial charge on any atom is -0.588 e. The first-order chi connectivity index (χ1) is 18.0. The van der Waals surface area contributed by atoms with Gasteiger partial charge in [-0.3, -0.25) is 29.1 Å². The highest BCUT2D eigenvalue weighted by molar-refractivity contribution is 7.99. The average molecular weight is 535 g/mol. The first-order valence-corrected chi connectivity index (χ1v) is 13.1. The molecule has 1 fully saturated rings. The number of H-pyrrole nitrogens is 1. The Morgan fingerprint density at radius 3 is 2.58 bits per heavy atom. The fourth-order valence-corrected chi connectivity index (χ4v) is 5.83. The Kier molecular flexibility index (Phi) is 6.25. The van der Waals surface area contributed by atoms with Crippen molar-refractivity contribution in [1.29, 1.82) is 0 Å². The molecule has 194 valence electrons. The molecule has 2 aromatic carbocycles. The summed E-state index contributed by atoms with van der Waals surface area (Å²) in [5.41, 5.74) is 0.523. The molecule has 1 saturated heterocycles. The maximum absolute atomic E-state index is 13.6. The number of rotatable bonds is 5. The summed E-state index contributed by atoms with van der Waals surface area (Å²) in [7, 11) is -4.21. The second-order valence-electron chi connectivity index (χ2n) is 8.89. The SMILES string of the molecule is Cc1ccc(-c2ccc(=O)[nH]n2)cc1[S+](=O)([O-])Nc1cccc2nc(C)n(C3CCC(=O)NC3=O)c(=O)c12. The van der Waals surface area contributed by atoms with Crippen molar-refractivity contribution in [1.82, 2.24) is 25.1 Å². The van der Waals surface area contributed by atoms with Gasteiger partial charge in [0.1, 0.15) is 11.9 Å². The molecule has 3 heterocycles. The van der Waals surface area contributed by atoms with Gasteiger partial charge >= 0.3 is 0 Å². The van der Waals surface area contributed by atoms with Crippen molar-refractivity contribution in [3.8, 4) is 11.3 Å². The number of nitrogens with one attached hydrogen (secondary N) is 3. The Balaban J connectivity index is 1.59. The number of imide groups is 1. The minimum absolute atomic E-state index is 0.00647. The molecule has 0 radical (unpaired) electrons. The molecule has 0 spiro atoms. The van der Waals surface area contributed by atoms with Gasteiger partial charge in [0.05, 0.1) is 22.3 Å². The molecule has 0 bridgehead atoms. The summed E-state index contributed by atoms with van der Waals surface area (Å²) in [6.07, 6.45) is 0.186. The standard InChI is InChI=1S/C25H22N6O6S/c1-13-6-7-15(16-8-10-22(33)29-28-16)12-20(13)38(36,37)30-18-5-3-4-17-23(18)25(35)31(14(2)26-17)19-9-11-21(32)27-24(19)34/h3-8,10,12,19H,9,11H2,1-2H3,(H3-,27,29,30,32,33,34,35,36,37). The molecule has 3 N–H and O–H groups in total. The van der Waals surface area contributed by atoms with Crippen LogP contribution in [0.25, 0.3) is 22.2 Å². The normalized spacial score (nSPS) is 17.2. The number of nitrogens with zero attached hydrogens (tertiary/aromatic N) is 3. The Morgan fingerprint density at radius 2 is 1.87 bits per heavy atom. The van der Waals surface area contributed by atoms with E-state index in [4.69, 9.17) is 0 Å². The number of hydrogen-bond donors (Lipinski definition) is 3. The molecule has 4 aromatic rings. The summed E-state index contributed by atoms with van der Waals surface area (Å²) in [6.45, 7) is 3.20. The van der Waals surface area contributed by atoms with E-state index in [9.17, 15) is 27.9 Å². The Hall–Kier alpha value is -4.49. The molecular formula is C25H22N6O6S. The molecule has 2 unspecified atom stereocenters. The van der Waals surface area contributed by atoms with E-state index >= 15 is 0 Å². The lowest BCUT2D eigenvalue weighted by Gasteiger charge is -2.25. The zero-order valence-electron chi connectivity index (χ0n) is 20.3. The van der Waals surface area contributed by atoms with E-state index in [0.717, 1.165) is 0 Å². The molecule has 2 aromatic heterocycles. The van der Waals surface area contributed by atoms with Crippen LogP contribution in [0.3, 0.4) is 0 Å². The number of amides is 2. The number of carbonyl (C=O) groups excluding carboxylic acids is 2. The van der Waals surface area contributed by atoms with Gasteiger partial charge in [-0.2, -0.15) is 5.10 Å². The lowest BCUT2D eigenvalue weighted by molar-refractivity contribution is -0.135. The molecule has 0 saturated carbocycles. The van der Waals surface area contributed by atoms with Gasteiger partial charge < -0.3 is 4.55 Å². The molecule has 5 rings (SSSR count). The van der Waals surface area contributed by atoms with E-state index in [-0.39, 0.29) is 40.2 Å². The fourth-order valence-electron chi connectivity index (χ4n) is 4.49. The summed E-state index contributed by atoms with van der Waals surface area (Å²) < 4.78 is 30.8. The first kappa shape index (κ1) is 25.2. The smallest absolute Gasteiger partial charge is 0.264 e. The molecule has 1 aliphatic rings. The third kappa shape index (κ3) is 4.53. The largest absolute Gasteiger partial charge is 0.588 e. The topological polar surface area (TPSA) is 179 Å². The predicted octanol–water partition coefficient (Wildman–Crippen LogP) is 1.76. The summed E-state index contributed by atoms with van der Waals surface area (Å²) in [5, 5.41) is 8.49. The predicted molar refractivity (Wildman–Crippen MR) is 138 cm³/mol. The number of aromatic amines is 1. The van der Waals surface area contributed by atoms with Gasteiger partial charge in [0.15, 0.2) is 15.3 Å². The van der Waals surface area contributed by atoms with E-state index in [2.05, 4.69) is 25.2 Å². The third-order valence-corrected chi connectivity index (χ3v) is 7.83. The zero-order valence-corrected chi connectivity index (χ0v) is 21.1. The van der Waals surface area contributed by atoms with Gasteiger partial charge in [0.2, 0.25) is 11.8 Å². The molecule has 0 aliphatic carbocycles. The molecule has 1 aliphatic heterocycles. The maximum atomic E-state index is 13.6. The van der Waals surface area contributed by atoms with Crippen LogP contribution >= 0.6 is 0 Å². The van der Waals surface area contributed by atoms with Crippen molar-refractivity contribution in [3.05, 3.63) is 80.6 Å². The van der Waals surface area contributed by atoms with Gasteiger partial charge in [-0.05, 0) is 38.5 Å². The van der Waals surface area contributed by atoms with Crippen molar-refractivity contribution in [2.24, 2.45) is 0 Å². The molecule has 2 atom stereocenters. The van der Waals surface area contributed by atoms with E-state index in [0.29, 0.717) is 16.8 Å². The van der Waals surface area contributed by atoms with Crippen LogP contribution in [0.4, 0.5) is 5.69 Å². The number of sulfonamides is 1. The summed E-state index contributed by atoms with van der Waals surface area (Å²) >= 11 is 0. The number of fused-ring (bicyclic) bond motifs is 1. The highest BCUT2D eigenvalue weighted by Gasteiger charge is 2.32. The van der Waals surface area contributed by atoms with E-state index in [1.165, 1.54) is 28.8 Å². The number of anilines is 1. The fraction of sp³-hybridized carbons (Fsp3) is 0.200. The number of benzene rings is 2. The van der Waals surface area contributed by atoms with Crippen LogP contribution in [0.15, 0.2) is 63.0 Å². The molecule has 2 amide bonds. The third-order valence-electron chi connectivity index (χ3n) is 6.32. The molecule has 12 nitrogen and oxygen atoms in total. The van der Waals surface area contributed by atoms with E-state index in [1.807, 2.05) is 0 Å². The highest BCUT2D eigenvalue weighted by Crippen LogP contribution is 2.30. The number of carbonyl (C=O) groups is 2. The first-order valence-electron chi connectivity index (χ1n) is 11.6. The summed E-state index contributed by atoms with van der Waals surface area (Å²) in [4.78, 5) is 53.5. The van der Waals surface area contributed by atoms with Crippen LogP contribution in [0.2, 0.25) is 0 Å². The molecule has 13 heteroatoms. The molecular weight excluding hydrogens is 512 g/mol. The second kappa shape index (κ2) is 9.43. The quantitative estimate of drug-likeness (QED) is 0.256. The molecule has 38 heavy (non-hydrogen) atoms. The Morgan fingerprint density at radius 1 is 1.08 bits per heavy atom. The number of hydrogen-bond acceptors (Lipinski definition) is 8. The van der Waals surface area contributed by atoms with Gasteiger partial charge in [0.25, 0.3) is 11.1 Å². The van der Waals surface area contributed by atoms with Crippen LogP contribution in [-0.4, -0.2) is 36.1 Å². The Labute approximate surface area is 216 Å². The highest BCUT2D eigenvalue weighted by atomic mass is 32.3. The van der Waals surface area contributed by atoms with Crippen LogP contribution in [0, 0.1) is 13.8 Å².